The molecule has 0 saturated heterocycles. The Labute approximate surface area is 155 Å². The minimum atomic E-state index is 0.213. The molecule has 0 saturated carbocycles. The normalized spacial score (nSPS) is 11.1. The first-order chi connectivity index (χ1) is 13.3. The number of fused-ring (bicyclic) bond motifs is 1. The molecule has 5 aromatic rings. The Morgan fingerprint density at radius 2 is 1.56 bits per heavy atom. The molecule has 0 unspecified atom stereocenters. The maximum absolute atomic E-state index is 9.61. The van der Waals surface area contributed by atoms with Gasteiger partial charge in [-0.15, -0.1) is 0 Å². The van der Waals surface area contributed by atoms with Crippen LogP contribution in [0.15, 0.2) is 89.5 Å². The van der Waals surface area contributed by atoms with Gasteiger partial charge in [-0.2, -0.15) is 5.10 Å². The second-order valence-electron chi connectivity index (χ2n) is 6.21. The summed E-state index contributed by atoms with van der Waals surface area (Å²) in [6.45, 7) is 0. The van der Waals surface area contributed by atoms with Crippen molar-refractivity contribution in [3.63, 3.8) is 0 Å². The van der Waals surface area contributed by atoms with Gasteiger partial charge in [0, 0.05) is 11.8 Å². The molecular formula is C22H15N3O2. The zero-order valence-electron chi connectivity index (χ0n) is 14.3. The zero-order chi connectivity index (χ0) is 18.2. The first kappa shape index (κ1) is 15.4. The summed E-state index contributed by atoms with van der Waals surface area (Å²) in [5.41, 5.74) is 4.89. The summed E-state index contributed by atoms with van der Waals surface area (Å²) in [5.74, 6) is 0.728. The fourth-order valence-electron chi connectivity index (χ4n) is 3.06. The van der Waals surface area contributed by atoms with Crippen LogP contribution >= 0.6 is 0 Å². The lowest BCUT2D eigenvalue weighted by atomic mass is 10.1. The highest BCUT2D eigenvalue weighted by atomic mass is 16.3. The van der Waals surface area contributed by atoms with Gasteiger partial charge in [-0.05, 0) is 48.5 Å². The third-order valence-electron chi connectivity index (χ3n) is 4.40. The van der Waals surface area contributed by atoms with Crippen molar-refractivity contribution in [2.45, 2.75) is 0 Å². The Bertz CT molecular complexity index is 1190. The molecule has 0 amide bonds. The molecule has 0 bridgehead atoms. The highest BCUT2D eigenvalue weighted by Gasteiger charge is 2.19. The molecule has 5 nitrogen and oxygen atoms in total. The van der Waals surface area contributed by atoms with Crippen LogP contribution in [0.3, 0.4) is 0 Å². The Balaban J connectivity index is 1.72. The van der Waals surface area contributed by atoms with Gasteiger partial charge in [0.25, 0.3) is 0 Å². The standard InChI is InChI=1S/C22H15N3O2/c26-17-12-10-15(11-13-17)21-18(14-25(24-21)16-6-2-1-3-7-16)22-23-19-8-4-5-9-20(19)27-22/h1-14,26H. The van der Waals surface area contributed by atoms with E-state index in [9.17, 15) is 5.11 Å². The van der Waals surface area contributed by atoms with Crippen LogP contribution in [0.4, 0.5) is 0 Å². The van der Waals surface area contributed by atoms with Gasteiger partial charge in [0.2, 0.25) is 5.89 Å². The number of phenols is 1. The van der Waals surface area contributed by atoms with Crippen LogP contribution in [-0.4, -0.2) is 19.9 Å². The van der Waals surface area contributed by atoms with E-state index in [1.54, 1.807) is 12.1 Å². The molecule has 0 fully saturated rings. The Kier molecular flexibility index (Phi) is 3.50. The van der Waals surface area contributed by atoms with Gasteiger partial charge in [0.05, 0.1) is 11.3 Å². The van der Waals surface area contributed by atoms with Crippen molar-refractivity contribution < 1.29 is 9.52 Å². The maximum atomic E-state index is 9.61. The Morgan fingerprint density at radius 3 is 2.33 bits per heavy atom. The molecule has 3 aromatic carbocycles. The van der Waals surface area contributed by atoms with E-state index >= 15 is 0 Å². The lowest BCUT2D eigenvalue weighted by Gasteiger charge is -2.01. The van der Waals surface area contributed by atoms with Crippen molar-refractivity contribution in [3.05, 3.63) is 85.1 Å². The number of nitrogens with zero attached hydrogens (tertiary/aromatic N) is 3. The number of rotatable bonds is 3. The molecule has 0 aliphatic heterocycles. The molecule has 0 radical (unpaired) electrons. The van der Waals surface area contributed by atoms with Crippen LogP contribution < -0.4 is 0 Å². The van der Waals surface area contributed by atoms with Crippen molar-refractivity contribution in [2.24, 2.45) is 0 Å². The fraction of sp³-hybridized carbons (Fsp3) is 0. The van der Waals surface area contributed by atoms with E-state index in [2.05, 4.69) is 4.98 Å². The van der Waals surface area contributed by atoms with Gasteiger partial charge in [-0.3, -0.25) is 0 Å². The molecule has 27 heavy (non-hydrogen) atoms. The number of phenolic OH excluding ortho intramolecular Hbond substituents is 1. The van der Waals surface area contributed by atoms with Gasteiger partial charge in [-0.25, -0.2) is 9.67 Å². The summed E-state index contributed by atoms with van der Waals surface area (Å²) in [7, 11) is 0. The molecular weight excluding hydrogens is 338 g/mol. The highest BCUT2D eigenvalue weighted by molar-refractivity contribution is 5.82. The molecule has 1 N–H and O–H groups in total. The van der Waals surface area contributed by atoms with Crippen molar-refractivity contribution in [1.82, 2.24) is 14.8 Å². The summed E-state index contributed by atoms with van der Waals surface area (Å²) < 4.78 is 7.79. The molecule has 5 rings (SSSR count). The SMILES string of the molecule is Oc1ccc(-c2nn(-c3ccccc3)cc2-c2nc3ccccc3o2)cc1. The number of oxazole rings is 1. The van der Waals surface area contributed by atoms with Gasteiger partial charge < -0.3 is 9.52 Å². The predicted molar refractivity (Wildman–Crippen MR) is 104 cm³/mol. The second kappa shape index (κ2) is 6.14. The molecule has 0 spiro atoms. The molecule has 130 valence electrons. The largest absolute Gasteiger partial charge is 0.508 e. The predicted octanol–water partition coefficient (Wildman–Crippen LogP) is 5.05. The highest BCUT2D eigenvalue weighted by Crippen LogP contribution is 2.34. The first-order valence-corrected chi connectivity index (χ1v) is 8.58. The molecule has 2 aromatic heterocycles. The van der Waals surface area contributed by atoms with Crippen molar-refractivity contribution in [1.29, 1.82) is 0 Å². The summed E-state index contributed by atoms with van der Waals surface area (Å²) in [6.07, 6.45) is 1.92. The Morgan fingerprint density at radius 1 is 0.815 bits per heavy atom. The van der Waals surface area contributed by atoms with E-state index < -0.39 is 0 Å². The summed E-state index contributed by atoms with van der Waals surface area (Å²) in [6, 6.07) is 24.5. The van der Waals surface area contributed by atoms with E-state index in [0.717, 1.165) is 33.6 Å². The van der Waals surface area contributed by atoms with Crippen LogP contribution in [0.5, 0.6) is 5.75 Å². The number of hydrogen-bond donors (Lipinski definition) is 1. The summed E-state index contributed by atoms with van der Waals surface area (Å²) in [5, 5.41) is 14.4. The minimum absolute atomic E-state index is 0.213. The quantitative estimate of drug-likeness (QED) is 0.493. The Hall–Kier alpha value is -3.86. The van der Waals surface area contributed by atoms with E-state index in [1.165, 1.54) is 0 Å². The van der Waals surface area contributed by atoms with Gasteiger partial charge in [-0.1, -0.05) is 30.3 Å². The lowest BCUT2D eigenvalue weighted by Crippen LogP contribution is -1.93. The first-order valence-electron chi connectivity index (χ1n) is 8.58. The average Bonchev–Trinajstić information content (AvgIpc) is 3.33. The van der Waals surface area contributed by atoms with E-state index in [-0.39, 0.29) is 5.75 Å². The summed E-state index contributed by atoms with van der Waals surface area (Å²) >= 11 is 0. The molecule has 2 heterocycles. The zero-order valence-corrected chi connectivity index (χ0v) is 14.3. The fourth-order valence-corrected chi connectivity index (χ4v) is 3.06. The van der Waals surface area contributed by atoms with Gasteiger partial charge >= 0.3 is 0 Å². The van der Waals surface area contributed by atoms with E-state index in [0.29, 0.717) is 5.89 Å². The van der Waals surface area contributed by atoms with Gasteiger partial charge in [0.1, 0.15) is 17.0 Å². The van der Waals surface area contributed by atoms with E-state index in [4.69, 9.17) is 9.52 Å². The van der Waals surface area contributed by atoms with Crippen LogP contribution in [0.25, 0.3) is 39.5 Å². The maximum Gasteiger partial charge on any atom is 0.231 e. The van der Waals surface area contributed by atoms with Crippen LogP contribution in [-0.2, 0) is 0 Å². The third-order valence-corrected chi connectivity index (χ3v) is 4.40. The number of aromatic hydroxyl groups is 1. The smallest absolute Gasteiger partial charge is 0.231 e. The van der Waals surface area contributed by atoms with Crippen LogP contribution in [0.2, 0.25) is 0 Å². The molecule has 0 aliphatic rings. The molecule has 5 heteroatoms. The van der Waals surface area contributed by atoms with Gasteiger partial charge in [0.15, 0.2) is 5.58 Å². The van der Waals surface area contributed by atoms with Crippen LogP contribution in [0, 0.1) is 0 Å². The number of benzene rings is 3. The summed E-state index contributed by atoms with van der Waals surface area (Å²) in [4.78, 5) is 4.62. The molecule has 0 aliphatic carbocycles. The van der Waals surface area contributed by atoms with Crippen LogP contribution in [0.1, 0.15) is 0 Å². The lowest BCUT2D eigenvalue weighted by molar-refractivity contribution is 0.475. The van der Waals surface area contributed by atoms with Crippen molar-refractivity contribution >= 4 is 11.1 Å². The average molecular weight is 353 g/mol. The molecule has 0 atom stereocenters. The minimum Gasteiger partial charge on any atom is -0.508 e. The number of hydrogen-bond acceptors (Lipinski definition) is 4. The number of para-hydroxylation sites is 3. The monoisotopic (exact) mass is 353 g/mol. The topological polar surface area (TPSA) is 64.1 Å². The van der Waals surface area contributed by atoms with E-state index in [1.807, 2.05) is 77.6 Å². The number of aromatic nitrogens is 3. The van der Waals surface area contributed by atoms with Crippen molar-refractivity contribution in [3.8, 4) is 34.1 Å². The third kappa shape index (κ3) is 2.75. The second-order valence-corrected chi connectivity index (χ2v) is 6.21. The van der Waals surface area contributed by atoms with Crippen molar-refractivity contribution in [2.75, 3.05) is 0 Å².